The van der Waals surface area contributed by atoms with Gasteiger partial charge in [0, 0.05) is 31.6 Å². The maximum atomic E-state index is 14.2. The lowest BCUT2D eigenvalue weighted by Gasteiger charge is -2.15. The van der Waals surface area contributed by atoms with E-state index in [1.165, 1.54) is 12.1 Å². The molecule has 4 nitrogen and oxygen atoms in total. The first kappa shape index (κ1) is 19.3. The summed E-state index contributed by atoms with van der Waals surface area (Å²) in [6, 6.07) is 11.1. The summed E-state index contributed by atoms with van der Waals surface area (Å²) in [5.41, 5.74) is 1.20. The van der Waals surface area contributed by atoms with Gasteiger partial charge in [0.1, 0.15) is 12.4 Å². The van der Waals surface area contributed by atoms with E-state index in [1.54, 1.807) is 30.3 Å². The number of nitrogens with zero attached hydrogens (tertiary/aromatic N) is 1. The van der Waals surface area contributed by atoms with Gasteiger partial charge >= 0.3 is 0 Å². The highest BCUT2D eigenvalue weighted by atomic mass is 19.1. The van der Waals surface area contributed by atoms with Gasteiger partial charge in [0.2, 0.25) is 5.91 Å². The lowest BCUT2D eigenvalue weighted by molar-refractivity contribution is -0.127. The van der Waals surface area contributed by atoms with Crippen molar-refractivity contribution in [3.05, 3.63) is 65.2 Å². The van der Waals surface area contributed by atoms with E-state index in [0.717, 1.165) is 38.0 Å². The first-order valence-electron chi connectivity index (χ1n) is 9.26. The summed E-state index contributed by atoms with van der Waals surface area (Å²) in [6.45, 7) is 2.91. The quantitative estimate of drug-likeness (QED) is 0.682. The van der Waals surface area contributed by atoms with Crippen molar-refractivity contribution < 1.29 is 18.3 Å². The van der Waals surface area contributed by atoms with Gasteiger partial charge in [0.25, 0.3) is 0 Å². The standard InChI is InChI=1S/C21H24F2N2O2/c22-18-6-2-1-5-17(18)15-27-20-9-8-16(13-19(20)23)14-24-10-4-12-25-11-3-7-21(25)26/h1-2,5-6,8-9,13,24H,3-4,7,10-12,14-15H2. The minimum Gasteiger partial charge on any atom is -0.486 e. The first-order chi connectivity index (χ1) is 13.1. The van der Waals surface area contributed by atoms with Crippen LogP contribution >= 0.6 is 0 Å². The number of amides is 1. The van der Waals surface area contributed by atoms with Crippen molar-refractivity contribution in [3.63, 3.8) is 0 Å². The zero-order valence-corrected chi connectivity index (χ0v) is 15.2. The van der Waals surface area contributed by atoms with Gasteiger partial charge in [-0.3, -0.25) is 4.79 Å². The van der Waals surface area contributed by atoms with Gasteiger partial charge in [-0.2, -0.15) is 0 Å². The second-order valence-electron chi connectivity index (χ2n) is 6.66. The summed E-state index contributed by atoms with van der Waals surface area (Å²) >= 11 is 0. The van der Waals surface area contributed by atoms with E-state index >= 15 is 0 Å². The third-order valence-corrected chi connectivity index (χ3v) is 4.62. The summed E-state index contributed by atoms with van der Waals surface area (Å²) in [6.07, 6.45) is 2.49. The Balaban J connectivity index is 1.41. The van der Waals surface area contributed by atoms with Gasteiger partial charge in [-0.1, -0.05) is 24.3 Å². The molecule has 27 heavy (non-hydrogen) atoms. The third kappa shape index (κ3) is 5.50. The second kappa shape index (κ2) is 9.46. The molecular weight excluding hydrogens is 350 g/mol. The molecule has 1 aliphatic heterocycles. The number of nitrogens with one attached hydrogen (secondary N) is 1. The molecule has 1 fully saturated rings. The predicted molar refractivity (Wildman–Crippen MR) is 99.3 cm³/mol. The maximum absolute atomic E-state index is 14.2. The van der Waals surface area contributed by atoms with Crippen LogP contribution in [-0.2, 0) is 17.9 Å². The van der Waals surface area contributed by atoms with Gasteiger partial charge in [0.15, 0.2) is 11.6 Å². The number of rotatable bonds is 9. The fraction of sp³-hybridized carbons (Fsp3) is 0.381. The number of hydrogen-bond donors (Lipinski definition) is 1. The van der Waals surface area contributed by atoms with Gasteiger partial charge < -0.3 is 15.0 Å². The molecule has 0 radical (unpaired) electrons. The molecule has 2 aromatic carbocycles. The largest absolute Gasteiger partial charge is 0.486 e. The molecule has 0 spiro atoms. The summed E-state index contributed by atoms with van der Waals surface area (Å²) in [5.74, 6) is -0.486. The fourth-order valence-electron chi connectivity index (χ4n) is 3.11. The van der Waals surface area contributed by atoms with Crippen LogP contribution in [0, 0.1) is 11.6 Å². The average Bonchev–Trinajstić information content (AvgIpc) is 3.07. The molecule has 0 atom stereocenters. The SMILES string of the molecule is O=C1CCCN1CCCNCc1ccc(OCc2ccccc2F)c(F)c1. The highest BCUT2D eigenvalue weighted by Gasteiger charge is 2.18. The van der Waals surface area contributed by atoms with E-state index in [2.05, 4.69) is 5.32 Å². The number of likely N-dealkylation sites (tertiary alicyclic amines) is 1. The predicted octanol–water partition coefficient (Wildman–Crippen LogP) is 3.65. The Labute approximate surface area is 158 Å². The number of carbonyl (C=O) groups is 1. The molecule has 0 bridgehead atoms. The smallest absolute Gasteiger partial charge is 0.222 e. The van der Waals surface area contributed by atoms with Crippen LogP contribution in [-0.4, -0.2) is 30.4 Å². The topological polar surface area (TPSA) is 41.6 Å². The highest BCUT2D eigenvalue weighted by Crippen LogP contribution is 2.20. The van der Waals surface area contributed by atoms with E-state index in [9.17, 15) is 13.6 Å². The van der Waals surface area contributed by atoms with Gasteiger partial charge in [-0.25, -0.2) is 8.78 Å². The zero-order chi connectivity index (χ0) is 19.1. The molecule has 1 heterocycles. The average molecular weight is 374 g/mol. The van der Waals surface area contributed by atoms with Crippen molar-refractivity contribution >= 4 is 5.91 Å². The molecule has 0 saturated carbocycles. The Morgan fingerprint density at radius 2 is 1.96 bits per heavy atom. The minimum absolute atomic E-state index is 0.0175. The van der Waals surface area contributed by atoms with Crippen molar-refractivity contribution in [2.45, 2.75) is 32.4 Å². The fourth-order valence-corrected chi connectivity index (χ4v) is 3.11. The van der Waals surface area contributed by atoms with Crippen molar-refractivity contribution in [1.29, 1.82) is 0 Å². The van der Waals surface area contributed by atoms with Crippen LogP contribution < -0.4 is 10.1 Å². The minimum atomic E-state index is -0.465. The van der Waals surface area contributed by atoms with Crippen molar-refractivity contribution in [3.8, 4) is 5.75 Å². The molecule has 0 aliphatic carbocycles. The lowest BCUT2D eigenvalue weighted by atomic mass is 10.2. The van der Waals surface area contributed by atoms with E-state index < -0.39 is 5.82 Å². The van der Waals surface area contributed by atoms with Crippen LogP contribution in [0.15, 0.2) is 42.5 Å². The van der Waals surface area contributed by atoms with Crippen molar-refractivity contribution in [2.24, 2.45) is 0 Å². The van der Waals surface area contributed by atoms with Crippen LogP contribution in [0.4, 0.5) is 8.78 Å². The maximum Gasteiger partial charge on any atom is 0.222 e. The molecule has 1 amide bonds. The monoisotopic (exact) mass is 374 g/mol. The molecule has 3 rings (SSSR count). The normalized spacial score (nSPS) is 14.0. The number of carbonyl (C=O) groups excluding carboxylic acids is 1. The molecule has 1 saturated heterocycles. The van der Waals surface area contributed by atoms with Crippen LogP contribution in [0.25, 0.3) is 0 Å². The van der Waals surface area contributed by atoms with Gasteiger partial charge in [-0.15, -0.1) is 0 Å². The summed E-state index contributed by atoms with van der Waals surface area (Å²) in [4.78, 5) is 13.4. The van der Waals surface area contributed by atoms with Crippen molar-refractivity contribution in [2.75, 3.05) is 19.6 Å². The second-order valence-corrected chi connectivity index (χ2v) is 6.66. The van der Waals surface area contributed by atoms with Crippen LogP contribution in [0.1, 0.15) is 30.4 Å². The zero-order valence-electron chi connectivity index (χ0n) is 15.2. The molecule has 2 aromatic rings. The van der Waals surface area contributed by atoms with Crippen LogP contribution in [0.2, 0.25) is 0 Å². The Morgan fingerprint density at radius 1 is 1.11 bits per heavy atom. The Bertz CT molecular complexity index is 783. The Hall–Kier alpha value is -2.47. The number of ether oxygens (including phenoxy) is 1. The third-order valence-electron chi connectivity index (χ3n) is 4.62. The van der Waals surface area contributed by atoms with Crippen molar-refractivity contribution in [1.82, 2.24) is 10.2 Å². The number of benzene rings is 2. The summed E-state index contributed by atoms with van der Waals surface area (Å²) in [5, 5.41) is 3.26. The van der Waals surface area contributed by atoms with Gasteiger partial charge in [-0.05, 0) is 43.1 Å². The molecular formula is C21H24F2N2O2. The first-order valence-corrected chi connectivity index (χ1v) is 9.26. The van der Waals surface area contributed by atoms with Crippen LogP contribution in [0.3, 0.4) is 0 Å². The van der Waals surface area contributed by atoms with E-state index in [1.807, 2.05) is 4.90 Å². The van der Waals surface area contributed by atoms with Gasteiger partial charge in [0.05, 0.1) is 0 Å². The van der Waals surface area contributed by atoms with Crippen LogP contribution in [0.5, 0.6) is 5.75 Å². The molecule has 6 heteroatoms. The molecule has 0 aromatic heterocycles. The molecule has 1 aliphatic rings. The number of hydrogen-bond acceptors (Lipinski definition) is 3. The van der Waals surface area contributed by atoms with E-state index in [-0.39, 0.29) is 24.1 Å². The van der Waals surface area contributed by atoms with E-state index in [0.29, 0.717) is 18.5 Å². The summed E-state index contributed by atoms with van der Waals surface area (Å²) in [7, 11) is 0. The lowest BCUT2D eigenvalue weighted by Crippen LogP contribution is -2.28. The van der Waals surface area contributed by atoms with E-state index in [4.69, 9.17) is 4.74 Å². The highest BCUT2D eigenvalue weighted by molar-refractivity contribution is 5.77. The molecule has 144 valence electrons. The molecule has 0 unspecified atom stereocenters. The Morgan fingerprint density at radius 3 is 2.70 bits per heavy atom. The Kier molecular flexibility index (Phi) is 6.76. The molecule has 1 N–H and O–H groups in total. The summed E-state index contributed by atoms with van der Waals surface area (Å²) < 4.78 is 33.2. The number of halogens is 2.